The van der Waals surface area contributed by atoms with Gasteiger partial charge in [0.05, 0.1) is 5.41 Å². The van der Waals surface area contributed by atoms with Crippen molar-refractivity contribution in [3.05, 3.63) is 35.4 Å². The number of halogens is 1. The van der Waals surface area contributed by atoms with Crippen molar-refractivity contribution < 1.29 is 4.79 Å². The van der Waals surface area contributed by atoms with Gasteiger partial charge in [0.25, 0.3) is 0 Å². The summed E-state index contributed by atoms with van der Waals surface area (Å²) in [6, 6.07) is 8.42. The Hall–Kier alpha value is -1.06. The van der Waals surface area contributed by atoms with Gasteiger partial charge in [0.15, 0.2) is 0 Å². The number of alkyl halides is 1. The molecule has 0 saturated carbocycles. The molecule has 1 aromatic rings. The van der Waals surface area contributed by atoms with Crippen LogP contribution < -0.4 is 5.32 Å². The maximum atomic E-state index is 12.0. The molecule has 1 aromatic carbocycles. The third kappa shape index (κ3) is 5.68. The summed E-state index contributed by atoms with van der Waals surface area (Å²) in [5.74, 6) is 0.312. The summed E-state index contributed by atoms with van der Waals surface area (Å²) >= 11 is 5.80. The summed E-state index contributed by atoms with van der Waals surface area (Å²) in [5.41, 5.74) is 1.89. The Morgan fingerprint density at radius 2 is 1.67 bits per heavy atom. The van der Waals surface area contributed by atoms with E-state index in [0.717, 1.165) is 25.2 Å². The lowest BCUT2D eigenvalue weighted by molar-refractivity contribution is -0.128. The Morgan fingerprint density at radius 1 is 1.14 bits per heavy atom. The molecule has 0 bridgehead atoms. The summed E-state index contributed by atoms with van der Waals surface area (Å²) in [6.45, 7) is 11.7. The molecule has 4 heteroatoms. The van der Waals surface area contributed by atoms with Crippen molar-refractivity contribution in [1.82, 2.24) is 10.2 Å². The molecule has 0 saturated heterocycles. The van der Waals surface area contributed by atoms with Crippen LogP contribution in [0, 0.1) is 5.41 Å². The molecule has 1 N–H and O–H groups in total. The highest BCUT2D eigenvalue weighted by atomic mass is 35.5. The number of nitrogens with zero attached hydrogens (tertiary/aromatic N) is 1. The molecule has 3 nitrogen and oxygen atoms in total. The molecule has 1 rings (SSSR count). The van der Waals surface area contributed by atoms with Gasteiger partial charge in [-0.2, -0.15) is 0 Å². The minimum atomic E-state index is -0.524. The summed E-state index contributed by atoms with van der Waals surface area (Å²) < 4.78 is 0. The second-order valence-corrected chi connectivity index (χ2v) is 6.25. The van der Waals surface area contributed by atoms with Crippen LogP contribution in [0.2, 0.25) is 0 Å². The highest BCUT2D eigenvalue weighted by Gasteiger charge is 2.25. The second-order valence-electron chi connectivity index (χ2n) is 5.98. The predicted molar refractivity (Wildman–Crippen MR) is 89.4 cm³/mol. The lowest BCUT2D eigenvalue weighted by atomic mass is 9.95. The molecule has 0 aliphatic heterocycles. The van der Waals surface area contributed by atoms with Gasteiger partial charge in [-0.15, -0.1) is 11.6 Å². The number of rotatable bonds is 8. The topological polar surface area (TPSA) is 32.3 Å². The van der Waals surface area contributed by atoms with Crippen molar-refractivity contribution >= 4 is 17.5 Å². The van der Waals surface area contributed by atoms with Gasteiger partial charge in [0, 0.05) is 19.0 Å². The molecule has 118 valence electrons. The van der Waals surface area contributed by atoms with Crippen LogP contribution in [0.25, 0.3) is 0 Å². The number of amides is 1. The van der Waals surface area contributed by atoms with Gasteiger partial charge in [0.1, 0.15) is 0 Å². The Bertz CT molecular complexity index is 439. The second kappa shape index (κ2) is 8.40. The molecule has 21 heavy (non-hydrogen) atoms. The lowest BCUT2D eigenvalue weighted by Gasteiger charge is -2.20. The summed E-state index contributed by atoms with van der Waals surface area (Å²) in [4.78, 5) is 14.3. The largest absolute Gasteiger partial charge is 0.352 e. The van der Waals surface area contributed by atoms with Gasteiger partial charge in [-0.05, 0) is 38.1 Å². The SMILES string of the molecule is CCN(CC)Cc1ccc(CNC(=O)C(C)(C)CCl)cc1. The van der Waals surface area contributed by atoms with Crippen molar-refractivity contribution in [3.63, 3.8) is 0 Å². The third-order valence-electron chi connectivity index (χ3n) is 3.73. The lowest BCUT2D eigenvalue weighted by Crippen LogP contribution is -2.37. The van der Waals surface area contributed by atoms with E-state index in [1.165, 1.54) is 5.56 Å². The molecule has 0 radical (unpaired) electrons. The van der Waals surface area contributed by atoms with E-state index in [1.54, 1.807) is 0 Å². The van der Waals surface area contributed by atoms with E-state index >= 15 is 0 Å². The maximum Gasteiger partial charge on any atom is 0.227 e. The van der Waals surface area contributed by atoms with Crippen LogP contribution in [0.3, 0.4) is 0 Å². The highest BCUT2D eigenvalue weighted by molar-refractivity contribution is 6.19. The minimum absolute atomic E-state index is 0.00952. The first-order valence-corrected chi connectivity index (χ1v) is 8.10. The van der Waals surface area contributed by atoms with E-state index in [1.807, 2.05) is 13.8 Å². The molecule has 0 aliphatic carbocycles. The number of benzene rings is 1. The molecule has 0 spiro atoms. The molecule has 0 fully saturated rings. The van der Waals surface area contributed by atoms with Gasteiger partial charge in [-0.25, -0.2) is 0 Å². The summed E-state index contributed by atoms with van der Waals surface area (Å²) in [6.07, 6.45) is 0. The smallest absolute Gasteiger partial charge is 0.227 e. The number of carbonyl (C=O) groups is 1. The Balaban J connectivity index is 2.53. The predicted octanol–water partition coefficient (Wildman–Crippen LogP) is 3.41. The highest BCUT2D eigenvalue weighted by Crippen LogP contribution is 2.17. The first-order chi connectivity index (χ1) is 9.92. The van der Waals surface area contributed by atoms with Gasteiger partial charge in [-0.3, -0.25) is 9.69 Å². The van der Waals surface area contributed by atoms with Crippen LogP contribution in [0.5, 0.6) is 0 Å². The molecule has 0 atom stereocenters. The van der Waals surface area contributed by atoms with Gasteiger partial charge in [0.2, 0.25) is 5.91 Å². The summed E-state index contributed by atoms with van der Waals surface area (Å²) in [7, 11) is 0. The fourth-order valence-electron chi connectivity index (χ4n) is 1.95. The molecule has 0 aliphatic rings. The van der Waals surface area contributed by atoms with Crippen LogP contribution in [0.15, 0.2) is 24.3 Å². The van der Waals surface area contributed by atoms with Gasteiger partial charge >= 0.3 is 0 Å². The van der Waals surface area contributed by atoms with Crippen molar-refractivity contribution in [2.45, 2.75) is 40.8 Å². The van der Waals surface area contributed by atoms with Gasteiger partial charge < -0.3 is 5.32 Å². The van der Waals surface area contributed by atoms with Crippen LogP contribution >= 0.6 is 11.6 Å². The van der Waals surface area contributed by atoms with E-state index in [0.29, 0.717) is 12.4 Å². The van der Waals surface area contributed by atoms with E-state index in [9.17, 15) is 4.79 Å². The number of carbonyl (C=O) groups excluding carboxylic acids is 1. The van der Waals surface area contributed by atoms with E-state index in [-0.39, 0.29) is 5.91 Å². The number of nitrogens with one attached hydrogen (secondary N) is 1. The molecule has 0 unspecified atom stereocenters. The van der Waals surface area contributed by atoms with Crippen molar-refractivity contribution in [1.29, 1.82) is 0 Å². The standard InChI is InChI=1S/C17H27ClN2O/c1-5-20(6-2)12-15-9-7-14(8-10-15)11-19-16(21)17(3,4)13-18/h7-10H,5-6,11-13H2,1-4H3,(H,19,21). The van der Waals surface area contributed by atoms with Crippen molar-refractivity contribution in [3.8, 4) is 0 Å². The quantitative estimate of drug-likeness (QED) is 0.746. The fourth-order valence-corrected chi connectivity index (χ4v) is 2.07. The average molecular weight is 311 g/mol. The van der Waals surface area contributed by atoms with E-state index in [4.69, 9.17) is 11.6 Å². The zero-order chi connectivity index (χ0) is 15.9. The third-order valence-corrected chi connectivity index (χ3v) is 4.39. The molecule has 0 aromatic heterocycles. The zero-order valence-electron chi connectivity index (χ0n) is 13.6. The Morgan fingerprint density at radius 3 is 2.14 bits per heavy atom. The summed E-state index contributed by atoms with van der Waals surface area (Å²) in [5, 5.41) is 2.94. The first kappa shape index (κ1) is 18.0. The van der Waals surface area contributed by atoms with Crippen molar-refractivity contribution in [2.75, 3.05) is 19.0 Å². The van der Waals surface area contributed by atoms with Crippen molar-refractivity contribution in [2.24, 2.45) is 5.41 Å². The van der Waals surface area contributed by atoms with Crippen LogP contribution in [0.4, 0.5) is 0 Å². The molecule has 1 amide bonds. The number of hydrogen-bond donors (Lipinski definition) is 1. The van der Waals surface area contributed by atoms with Gasteiger partial charge in [-0.1, -0.05) is 38.1 Å². The molecular weight excluding hydrogens is 284 g/mol. The normalized spacial score (nSPS) is 11.7. The average Bonchev–Trinajstić information content (AvgIpc) is 2.51. The maximum absolute atomic E-state index is 12.0. The van der Waals surface area contributed by atoms with Crippen LogP contribution in [-0.2, 0) is 17.9 Å². The van der Waals surface area contributed by atoms with E-state index in [2.05, 4.69) is 48.3 Å². The number of hydrogen-bond acceptors (Lipinski definition) is 2. The van der Waals surface area contributed by atoms with Crippen LogP contribution in [0.1, 0.15) is 38.8 Å². The van der Waals surface area contributed by atoms with Crippen LogP contribution in [-0.4, -0.2) is 29.8 Å². The Labute approximate surface area is 133 Å². The zero-order valence-corrected chi connectivity index (χ0v) is 14.3. The Kier molecular flexibility index (Phi) is 7.20. The molecule has 0 heterocycles. The first-order valence-electron chi connectivity index (χ1n) is 7.57. The monoisotopic (exact) mass is 310 g/mol. The fraction of sp³-hybridized carbons (Fsp3) is 0.588. The van der Waals surface area contributed by atoms with E-state index < -0.39 is 5.41 Å². The minimum Gasteiger partial charge on any atom is -0.352 e. The molecular formula is C17H27ClN2O.